The first kappa shape index (κ1) is 14.9. The molecule has 17 heavy (non-hydrogen) atoms. The zero-order valence-corrected chi connectivity index (χ0v) is 11.6. The van der Waals surface area contributed by atoms with Crippen LogP contribution in [0.2, 0.25) is 0 Å². The summed E-state index contributed by atoms with van der Waals surface area (Å²) >= 11 is 0. The van der Waals surface area contributed by atoms with Crippen LogP contribution in [0.25, 0.3) is 0 Å². The fourth-order valence-corrected chi connectivity index (χ4v) is 3.00. The van der Waals surface area contributed by atoms with Gasteiger partial charge in [0.1, 0.15) is 0 Å². The lowest BCUT2D eigenvalue weighted by molar-refractivity contribution is -0.0198. The molecule has 1 saturated carbocycles. The Hall–Kier alpha value is -0.120. The molecule has 1 aliphatic carbocycles. The van der Waals surface area contributed by atoms with Gasteiger partial charge in [-0.05, 0) is 32.1 Å². The number of rotatable bonds is 8. The summed E-state index contributed by atoms with van der Waals surface area (Å²) in [6, 6.07) is 0.331. The third-order valence-electron chi connectivity index (χ3n) is 3.95. The van der Waals surface area contributed by atoms with Gasteiger partial charge in [0.05, 0.1) is 6.10 Å². The molecule has 3 N–H and O–H groups in total. The Morgan fingerprint density at radius 2 is 1.94 bits per heavy atom. The van der Waals surface area contributed by atoms with Gasteiger partial charge in [0.25, 0.3) is 0 Å². The van der Waals surface area contributed by atoms with E-state index in [1.54, 1.807) is 0 Å². The molecule has 2 unspecified atom stereocenters. The van der Waals surface area contributed by atoms with Crippen molar-refractivity contribution < 1.29 is 4.74 Å². The fraction of sp³-hybridized carbons (Fsp3) is 1.00. The summed E-state index contributed by atoms with van der Waals surface area (Å²) in [6.45, 7) is 5.11. The highest BCUT2D eigenvalue weighted by atomic mass is 16.5. The van der Waals surface area contributed by atoms with E-state index in [9.17, 15) is 0 Å². The number of ether oxygens (including phenoxy) is 1. The Labute approximate surface area is 106 Å². The van der Waals surface area contributed by atoms with Gasteiger partial charge in [0, 0.05) is 12.6 Å². The van der Waals surface area contributed by atoms with Crippen LogP contribution < -0.4 is 11.3 Å². The van der Waals surface area contributed by atoms with Crippen LogP contribution in [0.1, 0.15) is 65.2 Å². The summed E-state index contributed by atoms with van der Waals surface area (Å²) in [6.07, 6.45) is 10.6. The van der Waals surface area contributed by atoms with Gasteiger partial charge in [-0.15, -0.1) is 0 Å². The lowest BCUT2D eigenvalue weighted by Crippen LogP contribution is -2.49. The third-order valence-corrected chi connectivity index (χ3v) is 3.95. The number of hydrogen-bond donors (Lipinski definition) is 2. The first-order chi connectivity index (χ1) is 8.33. The second kappa shape index (κ2) is 8.90. The van der Waals surface area contributed by atoms with Gasteiger partial charge in [-0.3, -0.25) is 11.3 Å². The summed E-state index contributed by atoms with van der Waals surface area (Å²) in [7, 11) is 0. The third kappa shape index (κ3) is 4.94. The van der Waals surface area contributed by atoms with E-state index in [0.717, 1.165) is 13.0 Å². The Morgan fingerprint density at radius 3 is 2.47 bits per heavy atom. The van der Waals surface area contributed by atoms with Crippen molar-refractivity contribution in [3.63, 3.8) is 0 Å². The van der Waals surface area contributed by atoms with Crippen molar-refractivity contribution in [1.29, 1.82) is 0 Å². The van der Waals surface area contributed by atoms with Crippen molar-refractivity contribution in [2.75, 3.05) is 6.61 Å². The van der Waals surface area contributed by atoms with E-state index in [1.807, 2.05) is 0 Å². The van der Waals surface area contributed by atoms with Gasteiger partial charge in [-0.2, -0.15) is 0 Å². The lowest BCUT2D eigenvalue weighted by Gasteiger charge is -2.35. The minimum Gasteiger partial charge on any atom is -0.377 e. The zero-order valence-electron chi connectivity index (χ0n) is 11.6. The largest absolute Gasteiger partial charge is 0.377 e. The normalized spacial score (nSPS) is 21.4. The molecule has 0 heterocycles. The van der Waals surface area contributed by atoms with E-state index in [-0.39, 0.29) is 0 Å². The average molecular weight is 242 g/mol. The van der Waals surface area contributed by atoms with Gasteiger partial charge in [0.15, 0.2) is 0 Å². The highest BCUT2D eigenvalue weighted by Crippen LogP contribution is 2.30. The second-order valence-electron chi connectivity index (χ2n) is 5.23. The molecular weight excluding hydrogens is 212 g/mol. The first-order valence-corrected chi connectivity index (χ1v) is 7.41. The molecule has 0 saturated heterocycles. The molecule has 0 radical (unpaired) electrons. The van der Waals surface area contributed by atoms with Crippen LogP contribution in [0.4, 0.5) is 0 Å². The van der Waals surface area contributed by atoms with E-state index in [0.29, 0.717) is 18.1 Å². The first-order valence-electron chi connectivity index (χ1n) is 7.41. The quantitative estimate of drug-likeness (QED) is 0.508. The predicted molar refractivity (Wildman–Crippen MR) is 72.6 cm³/mol. The van der Waals surface area contributed by atoms with E-state index < -0.39 is 0 Å². The summed E-state index contributed by atoms with van der Waals surface area (Å²) < 4.78 is 5.99. The Bertz CT molecular complexity index is 181. The molecule has 1 rings (SSSR count). The van der Waals surface area contributed by atoms with Crippen LogP contribution >= 0.6 is 0 Å². The molecule has 0 spiro atoms. The second-order valence-corrected chi connectivity index (χ2v) is 5.23. The SMILES string of the molecule is CCCCC(NN)C(OCC)C1CCCCC1. The highest BCUT2D eigenvalue weighted by molar-refractivity contribution is 4.83. The van der Waals surface area contributed by atoms with Crippen LogP contribution in [0.5, 0.6) is 0 Å². The van der Waals surface area contributed by atoms with Crippen LogP contribution in [0.3, 0.4) is 0 Å². The van der Waals surface area contributed by atoms with E-state index >= 15 is 0 Å². The predicted octanol–water partition coefficient (Wildman–Crippen LogP) is 2.99. The van der Waals surface area contributed by atoms with E-state index in [2.05, 4.69) is 19.3 Å². The van der Waals surface area contributed by atoms with Gasteiger partial charge in [-0.1, -0.05) is 39.0 Å². The molecule has 1 fully saturated rings. The molecule has 0 amide bonds. The molecule has 0 bridgehead atoms. The molecule has 102 valence electrons. The van der Waals surface area contributed by atoms with E-state index in [1.165, 1.54) is 44.9 Å². The maximum atomic E-state index is 5.99. The molecular formula is C14H30N2O. The summed E-state index contributed by atoms with van der Waals surface area (Å²) in [4.78, 5) is 0. The Morgan fingerprint density at radius 1 is 1.24 bits per heavy atom. The van der Waals surface area contributed by atoms with E-state index in [4.69, 9.17) is 10.6 Å². The molecule has 0 aliphatic heterocycles. The molecule has 3 nitrogen and oxygen atoms in total. The molecule has 2 atom stereocenters. The zero-order chi connectivity index (χ0) is 12.5. The number of unbranched alkanes of at least 4 members (excludes halogenated alkanes) is 1. The minimum absolute atomic E-state index is 0.317. The maximum absolute atomic E-state index is 5.99. The number of nitrogens with two attached hydrogens (primary N) is 1. The topological polar surface area (TPSA) is 47.3 Å². The van der Waals surface area contributed by atoms with Crippen molar-refractivity contribution in [2.24, 2.45) is 11.8 Å². The lowest BCUT2D eigenvalue weighted by atomic mass is 9.81. The summed E-state index contributed by atoms with van der Waals surface area (Å²) in [5.41, 5.74) is 2.99. The van der Waals surface area contributed by atoms with Gasteiger partial charge >= 0.3 is 0 Å². The fourth-order valence-electron chi connectivity index (χ4n) is 3.00. The molecule has 0 aromatic rings. The van der Waals surface area contributed by atoms with Crippen LogP contribution in [-0.2, 0) is 4.74 Å². The van der Waals surface area contributed by atoms with Gasteiger partial charge in [0.2, 0.25) is 0 Å². The van der Waals surface area contributed by atoms with Crippen molar-refractivity contribution in [1.82, 2.24) is 5.43 Å². The maximum Gasteiger partial charge on any atom is 0.0769 e. The van der Waals surface area contributed by atoms with Crippen LogP contribution in [-0.4, -0.2) is 18.8 Å². The monoisotopic (exact) mass is 242 g/mol. The summed E-state index contributed by atoms with van der Waals surface area (Å²) in [5.74, 6) is 6.43. The average Bonchev–Trinajstić information content (AvgIpc) is 2.39. The van der Waals surface area contributed by atoms with Crippen molar-refractivity contribution >= 4 is 0 Å². The Kier molecular flexibility index (Phi) is 7.82. The van der Waals surface area contributed by atoms with Gasteiger partial charge in [-0.25, -0.2) is 0 Å². The van der Waals surface area contributed by atoms with Gasteiger partial charge < -0.3 is 4.74 Å². The molecule has 3 heteroatoms. The molecule has 1 aliphatic rings. The summed E-state index contributed by atoms with van der Waals surface area (Å²) in [5, 5.41) is 0. The highest BCUT2D eigenvalue weighted by Gasteiger charge is 2.30. The standard InChI is InChI=1S/C14H30N2O/c1-3-5-11-13(16-15)14(17-4-2)12-9-7-6-8-10-12/h12-14,16H,3-11,15H2,1-2H3. The minimum atomic E-state index is 0.317. The van der Waals surface area contributed by atoms with Crippen LogP contribution in [0, 0.1) is 5.92 Å². The van der Waals surface area contributed by atoms with Crippen molar-refractivity contribution in [3.05, 3.63) is 0 Å². The molecule has 0 aromatic heterocycles. The molecule has 0 aromatic carbocycles. The number of hydrazine groups is 1. The van der Waals surface area contributed by atoms with Crippen LogP contribution in [0.15, 0.2) is 0 Å². The van der Waals surface area contributed by atoms with Crippen molar-refractivity contribution in [3.8, 4) is 0 Å². The number of nitrogens with one attached hydrogen (secondary N) is 1. The smallest absolute Gasteiger partial charge is 0.0769 e. The Balaban J connectivity index is 2.53. The van der Waals surface area contributed by atoms with Crippen molar-refractivity contribution in [2.45, 2.75) is 77.4 Å². The number of hydrogen-bond acceptors (Lipinski definition) is 3.